The normalized spacial score (nSPS) is 11.4. The highest BCUT2D eigenvalue weighted by Gasteiger charge is 2.27. The first kappa shape index (κ1) is 21.2. The Morgan fingerprint density at radius 2 is 0.815 bits per heavy atom. The maximum Gasteiger partial charge on any atom is 0.478 e. The van der Waals surface area contributed by atoms with E-state index in [-0.39, 0.29) is 0 Å². The van der Waals surface area contributed by atoms with Gasteiger partial charge in [0.1, 0.15) is 0 Å². The van der Waals surface area contributed by atoms with Crippen molar-refractivity contribution in [3.63, 3.8) is 0 Å². The molecule has 0 bridgehead atoms. The van der Waals surface area contributed by atoms with Crippen molar-refractivity contribution >= 4 is 15.6 Å². The largest absolute Gasteiger partial charge is 0.478 e. The first-order valence-corrected chi connectivity index (χ1v) is 10.7. The quantitative estimate of drug-likeness (QED) is 0.477. The van der Waals surface area contributed by atoms with Gasteiger partial charge in [-0.15, -0.1) is 0 Å². The van der Waals surface area contributed by atoms with Gasteiger partial charge in [0.05, 0.1) is 0 Å². The standard InChI is InChI=1S/C18H14.H4O7P2/c1-3-9-15(10-4-1)17-13-7-8-14-18(17)16-11-5-2-6-12-16;1-8(2,3)7-9(4,5)6/h1-14H;(H2,1,2,3)(H2,4,5,6). The minimum absolute atomic E-state index is 1.26. The van der Waals surface area contributed by atoms with Gasteiger partial charge >= 0.3 is 15.6 Å². The second kappa shape index (κ2) is 9.22. The fourth-order valence-corrected chi connectivity index (χ4v) is 3.47. The van der Waals surface area contributed by atoms with Gasteiger partial charge in [-0.05, 0) is 22.3 Å². The lowest BCUT2D eigenvalue weighted by Gasteiger charge is -2.09. The Bertz CT molecular complexity index is 871. The topological polar surface area (TPSA) is 124 Å². The Kier molecular flexibility index (Phi) is 7.25. The van der Waals surface area contributed by atoms with E-state index in [0.29, 0.717) is 0 Å². The van der Waals surface area contributed by atoms with E-state index in [0.717, 1.165) is 0 Å². The monoisotopic (exact) mass is 408 g/mol. The van der Waals surface area contributed by atoms with E-state index in [4.69, 9.17) is 19.6 Å². The predicted octanol–water partition coefficient (Wildman–Crippen LogP) is 4.21. The van der Waals surface area contributed by atoms with Gasteiger partial charge in [-0.3, -0.25) is 0 Å². The van der Waals surface area contributed by atoms with E-state index in [2.05, 4.69) is 89.2 Å². The van der Waals surface area contributed by atoms with Crippen molar-refractivity contribution in [1.82, 2.24) is 0 Å². The zero-order valence-corrected chi connectivity index (χ0v) is 15.8. The Morgan fingerprint density at radius 3 is 1.07 bits per heavy atom. The zero-order valence-electron chi connectivity index (χ0n) is 14.0. The van der Waals surface area contributed by atoms with Gasteiger partial charge in [-0.25, -0.2) is 9.13 Å². The van der Waals surface area contributed by atoms with Crippen LogP contribution < -0.4 is 0 Å². The van der Waals surface area contributed by atoms with E-state index in [1.807, 2.05) is 0 Å². The molecule has 0 aliphatic carbocycles. The molecule has 7 nitrogen and oxygen atoms in total. The predicted molar refractivity (Wildman–Crippen MR) is 102 cm³/mol. The molecule has 27 heavy (non-hydrogen) atoms. The van der Waals surface area contributed by atoms with Crippen LogP contribution in [0.15, 0.2) is 84.9 Å². The van der Waals surface area contributed by atoms with E-state index in [1.54, 1.807) is 0 Å². The van der Waals surface area contributed by atoms with Gasteiger partial charge in [-0.1, -0.05) is 84.9 Å². The third-order valence-electron chi connectivity index (χ3n) is 3.31. The van der Waals surface area contributed by atoms with Crippen molar-refractivity contribution < 1.29 is 33.0 Å². The van der Waals surface area contributed by atoms with Gasteiger partial charge < -0.3 is 19.6 Å². The van der Waals surface area contributed by atoms with Crippen LogP contribution >= 0.6 is 15.6 Å². The van der Waals surface area contributed by atoms with Gasteiger partial charge in [0.2, 0.25) is 0 Å². The third kappa shape index (κ3) is 7.59. The molecule has 0 radical (unpaired) electrons. The molecule has 0 saturated heterocycles. The summed E-state index contributed by atoms with van der Waals surface area (Å²) < 4.78 is 22.2. The lowest BCUT2D eigenvalue weighted by atomic mass is 9.95. The summed E-state index contributed by atoms with van der Waals surface area (Å²) in [5.41, 5.74) is 5.09. The molecule has 3 aromatic rings. The SMILES string of the molecule is O=P(O)(O)OP(=O)(O)O.c1ccc(-c2ccccc2-c2ccccc2)cc1. The smallest absolute Gasteiger partial charge is 0.302 e. The highest BCUT2D eigenvalue weighted by molar-refractivity contribution is 7.60. The van der Waals surface area contributed by atoms with Crippen LogP contribution in [0.25, 0.3) is 22.3 Å². The van der Waals surface area contributed by atoms with Crippen molar-refractivity contribution in [2.75, 3.05) is 0 Å². The van der Waals surface area contributed by atoms with Crippen LogP contribution in [-0.4, -0.2) is 19.6 Å². The van der Waals surface area contributed by atoms with E-state index in [1.165, 1.54) is 22.3 Å². The van der Waals surface area contributed by atoms with Crippen molar-refractivity contribution in [2.45, 2.75) is 0 Å². The lowest BCUT2D eigenvalue weighted by molar-refractivity contribution is 0.225. The number of hydrogen-bond acceptors (Lipinski definition) is 3. The number of rotatable bonds is 4. The molecular formula is C18H18O7P2. The maximum atomic E-state index is 9.63. The minimum atomic E-state index is -5.05. The van der Waals surface area contributed by atoms with Crippen LogP contribution in [0.2, 0.25) is 0 Å². The van der Waals surface area contributed by atoms with Crippen molar-refractivity contribution in [3.05, 3.63) is 84.9 Å². The molecule has 0 spiro atoms. The summed E-state index contributed by atoms with van der Waals surface area (Å²) >= 11 is 0. The van der Waals surface area contributed by atoms with Gasteiger partial charge in [-0.2, -0.15) is 4.31 Å². The molecule has 0 aliphatic rings. The zero-order chi connectivity index (χ0) is 19.9. The summed E-state index contributed by atoms with van der Waals surface area (Å²) in [6.07, 6.45) is 0. The van der Waals surface area contributed by atoms with E-state index < -0.39 is 15.6 Å². The molecule has 0 amide bonds. The molecule has 0 aliphatic heterocycles. The lowest BCUT2D eigenvalue weighted by Crippen LogP contribution is -1.84. The second-order valence-corrected chi connectivity index (χ2v) is 7.96. The molecule has 3 rings (SSSR count). The summed E-state index contributed by atoms with van der Waals surface area (Å²) in [6, 6.07) is 29.6. The highest BCUT2D eigenvalue weighted by Crippen LogP contribution is 2.53. The molecule has 0 heterocycles. The Labute approximate surface area is 156 Å². The maximum absolute atomic E-state index is 9.63. The van der Waals surface area contributed by atoms with Crippen LogP contribution in [0.1, 0.15) is 0 Å². The summed E-state index contributed by atoms with van der Waals surface area (Å²) in [5, 5.41) is 0. The minimum Gasteiger partial charge on any atom is -0.302 e. The van der Waals surface area contributed by atoms with Crippen LogP contribution in [0.3, 0.4) is 0 Å². The van der Waals surface area contributed by atoms with Crippen LogP contribution in [0.4, 0.5) is 0 Å². The van der Waals surface area contributed by atoms with Gasteiger partial charge in [0.15, 0.2) is 0 Å². The van der Waals surface area contributed by atoms with Gasteiger partial charge in [0, 0.05) is 0 Å². The Hall–Kier alpha value is -2.08. The number of benzene rings is 3. The van der Waals surface area contributed by atoms with Crippen LogP contribution in [-0.2, 0) is 13.4 Å². The van der Waals surface area contributed by atoms with Gasteiger partial charge in [0.25, 0.3) is 0 Å². The van der Waals surface area contributed by atoms with Crippen molar-refractivity contribution in [3.8, 4) is 22.3 Å². The fourth-order valence-electron chi connectivity index (χ4n) is 2.36. The molecule has 3 aromatic carbocycles. The fraction of sp³-hybridized carbons (Fsp3) is 0. The molecule has 0 atom stereocenters. The molecular weight excluding hydrogens is 390 g/mol. The average molecular weight is 408 g/mol. The first-order valence-electron chi connectivity index (χ1n) is 7.68. The van der Waals surface area contributed by atoms with Crippen LogP contribution in [0.5, 0.6) is 0 Å². The Morgan fingerprint density at radius 1 is 0.519 bits per heavy atom. The first-order chi connectivity index (χ1) is 12.7. The van der Waals surface area contributed by atoms with Crippen molar-refractivity contribution in [2.24, 2.45) is 0 Å². The molecule has 0 unspecified atom stereocenters. The highest BCUT2D eigenvalue weighted by atomic mass is 31.3. The van der Waals surface area contributed by atoms with E-state index in [9.17, 15) is 9.13 Å². The molecule has 4 N–H and O–H groups in total. The molecule has 0 saturated carbocycles. The van der Waals surface area contributed by atoms with Crippen LogP contribution in [0, 0.1) is 0 Å². The number of phosphoric acid groups is 2. The third-order valence-corrected chi connectivity index (χ3v) is 5.01. The second-order valence-electron chi connectivity index (χ2n) is 5.34. The number of hydrogen-bond donors (Lipinski definition) is 4. The summed E-state index contributed by atoms with van der Waals surface area (Å²) in [7, 11) is -10.1. The molecule has 0 aromatic heterocycles. The summed E-state index contributed by atoms with van der Waals surface area (Å²) in [6.45, 7) is 0. The Balaban J connectivity index is 0.000000249. The molecule has 0 fully saturated rings. The van der Waals surface area contributed by atoms with E-state index >= 15 is 0 Å². The summed E-state index contributed by atoms with van der Waals surface area (Å²) in [5.74, 6) is 0. The molecule has 142 valence electrons. The average Bonchev–Trinajstić information content (AvgIpc) is 2.61. The van der Waals surface area contributed by atoms with Crippen molar-refractivity contribution in [1.29, 1.82) is 0 Å². The molecule has 9 heteroatoms. The summed E-state index contributed by atoms with van der Waals surface area (Å²) in [4.78, 5) is 31.0.